The lowest BCUT2D eigenvalue weighted by atomic mass is 10.1. The third-order valence-electron chi connectivity index (χ3n) is 2.58. The third kappa shape index (κ3) is 2.81. The normalized spacial score (nSPS) is 32.4. The summed E-state index contributed by atoms with van der Waals surface area (Å²) in [6, 6.07) is 0. The second kappa shape index (κ2) is 3.95. The average Bonchev–Trinajstić information content (AvgIpc) is 2.60. The molecule has 2 atom stereocenters. The van der Waals surface area contributed by atoms with Crippen molar-refractivity contribution in [2.75, 3.05) is 6.61 Å². The highest BCUT2D eigenvalue weighted by atomic mass is 28.4. The average molecular weight is 216 g/mol. The fourth-order valence-electron chi connectivity index (χ4n) is 2.07. The lowest BCUT2D eigenvalue weighted by molar-refractivity contribution is -0.122. The summed E-state index contributed by atoms with van der Waals surface area (Å²) in [6.45, 7) is 14.0. The van der Waals surface area contributed by atoms with Gasteiger partial charge in [0, 0.05) is 18.9 Å². The molecule has 0 radical (unpaired) electrons. The van der Waals surface area contributed by atoms with Gasteiger partial charge in [-0.1, -0.05) is 13.8 Å². The van der Waals surface area contributed by atoms with Crippen LogP contribution in [0.5, 0.6) is 0 Å². The second-order valence-corrected chi connectivity index (χ2v) is 9.94. The van der Waals surface area contributed by atoms with Gasteiger partial charge in [-0.2, -0.15) is 0 Å². The van der Waals surface area contributed by atoms with Crippen LogP contribution >= 0.6 is 0 Å². The Morgan fingerprint density at radius 2 is 1.93 bits per heavy atom. The summed E-state index contributed by atoms with van der Waals surface area (Å²) >= 11 is 0. The Labute approximate surface area is 89.1 Å². The first kappa shape index (κ1) is 12.2. The lowest BCUT2D eigenvalue weighted by Gasteiger charge is -2.28. The van der Waals surface area contributed by atoms with Crippen LogP contribution in [0.4, 0.5) is 0 Å². The highest BCUT2D eigenvalue weighted by Crippen LogP contribution is 2.53. The molecule has 0 N–H and O–H groups in total. The number of rotatable bonds is 5. The van der Waals surface area contributed by atoms with Gasteiger partial charge >= 0.3 is 0 Å². The molecule has 84 valence electrons. The van der Waals surface area contributed by atoms with E-state index in [1.807, 2.05) is 6.92 Å². The molecule has 0 aromatic rings. The van der Waals surface area contributed by atoms with Gasteiger partial charge < -0.3 is 9.16 Å². The molecule has 0 aromatic carbocycles. The highest BCUT2D eigenvalue weighted by molar-refractivity contribution is 6.69. The van der Waals surface area contributed by atoms with E-state index < -0.39 is 8.32 Å². The van der Waals surface area contributed by atoms with Crippen molar-refractivity contribution in [1.82, 2.24) is 0 Å². The van der Waals surface area contributed by atoms with Gasteiger partial charge in [0.25, 0.3) is 0 Å². The Kier molecular flexibility index (Phi) is 3.44. The Balaban J connectivity index is 2.59. The van der Waals surface area contributed by atoms with E-state index in [4.69, 9.17) is 9.16 Å². The summed E-state index contributed by atoms with van der Waals surface area (Å²) in [7, 11) is -1.48. The molecule has 1 fully saturated rings. The zero-order chi connectivity index (χ0) is 11.0. The van der Waals surface area contributed by atoms with E-state index in [1.54, 1.807) is 0 Å². The maximum atomic E-state index is 6.17. The molecule has 1 rings (SSSR count). The van der Waals surface area contributed by atoms with Gasteiger partial charge in [0.15, 0.2) is 14.1 Å². The molecule has 1 aliphatic carbocycles. The lowest BCUT2D eigenvalue weighted by Crippen LogP contribution is -2.37. The van der Waals surface area contributed by atoms with Crippen molar-refractivity contribution in [2.45, 2.75) is 52.6 Å². The Bertz CT molecular complexity index is 198. The van der Waals surface area contributed by atoms with Gasteiger partial charge in [-0.3, -0.25) is 0 Å². The predicted octanol–water partition coefficient (Wildman–Crippen LogP) is 3.25. The molecule has 0 bridgehead atoms. The first-order valence-electron chi connectivity index (χ1n) is 5.65. The van der Waals surface area contributed by atoms with E-state index in [-0.39, 0.29) is 5.79 Å². The fraction of sp³-hybridized carbons (Fsp3) is 1.00. The molecule has 1 saturated carbocycles. The van der Waals surface area contributed by atoms with Crippen molar-refractivity contribution >= 4 is 8.32 Å². The number of ether oxygens (including phenoxy) is 1. The summed E-state index contributed by atoms with van der Waals surface area (Å²) in [5, 5.41) is 0. The predicted molar refractivity (Wildman–Crippen MR) is 61.7 cm³/mol. The van der Waals surface area contributed by atoms with Crippen LogP contribution < -0.4 is 0 Å². The van der Waals surface area contributed by atoms with Crippen LogP contribution in [0.15, 0.2) is 0 Å². The van der Waals surface area contributed by atoms with Crippen LogP contribution in [-0.2, 0) is 9.16 Å². The summed E-state index contributed by atoms with van der Waals surface area (Å²) < 4.78 is 12.0. The maximum absolute atomic E-state index is 6.17. The summed E-state index contributed by atoms with van der Waals surface area (Å²) in [6.07, 6.45) is 1.09. The molecule has 0 spiro atoms. The number of hydrogen-bond donors (Lipinski definition) is 0. The van der Waals surface area contributed by atoms with E-state index in [0.717, 1.165) is 13.0 Å². The van der Waals surface area contributed by atoms with Crippen LogP contribution in [0.1, 0.15) is 27.2 Å². The van der Waals surface area contributed by atoms with Crippen LogP contribution in [0.2, 0.25) is 19.6 Å². The Morgan fingerprint density at radius 1 is 1.36 bits per heavy atom. The zero-order valence-electron chi connectivity index (χ0n) is 10.4. The smallest absolute Gasteiger partial charge is 0.187 e. The molecule has 0 amide bonds. The van der Waals surface area contributed by atoms with Gasteiger partial charge in [0.05, 0.1) is 0 Å². The third-order valence-corrected chi connectivity index (χ3v) is 3.54. The Hall–Kier alpha value is 0.137. The molecule has 0 saturated heterocycles. The van der Waals surface area contributed by atoms with Crippen LogP contribution in [0.25, 0.3) is 0 Å². The first-order valence-corrected chi connectivity index (χ1v) is 9.05. The van der Waals surface area contributed by atoms with Crippen LogP contribution in [0, 0.1) is 11.8 Å². The maximum Gasteiger partial charge on any atom is 0.187 e. The molecule has 2 unspecified atom stereocenters. The largest absolute Gasteiger partial charge is 0.391 e. The van der Waals surface area contributed by atoms with E-state index in [2.05, 4.69) is 33.5 Å². The molecular formula is C11H24O2Si. The quantitative estimate of drug-likeness (QED) is 0.519. The summed E-state index contributed by atoms with van der Waals surface area (Å²) in [5.41, 5.74) is 0. The minimum absolute atomic E-state index is 0.215. The fourth-order valence-corrected chi connectivity index (χ4v) is 3.40. The Morgan fingerprint density at radius 3 is 2.21 bits per heavy atom. The van der Waals surface area contributed by atoms with E-state index in [9.17, 15) is 0 Å². The first-order chi connectivity index (χ1) is 6.31. The van der Waals surface area contributed by atoms with E-state index >= 15 is 0 Å². The van der Waals surface area contributed by atoms with E-state index in [0.29, 0.717) is 11.8 Å². The monoisotopic (exact) mass is 216 g/mol. The van der Waals surface area contributed by atoms with Crippen LogP contribution in [-0.4, -0.2) is 20.7 Å². The zero-order valence-corrected chi connectivity index (χ0v) is 11.4. The number of hydrogen-bond acceptors (Lipinski definition) is 2. The van der Waals surface area contributed by atoms with Crippen molar-refractivity contribution < 1.29 is 9.16 Å². The van der Waals surface area contributed by atoms with Crippen LogP contribution in [0.3, 0.4) is 0 Å². The van der Waals surface area contributed by atoms with Gasteiger partial charge in [-0.15, -0.1) is 0 Å². The van der Waals surface area contributed by atoms with Crippen molar-refractivity contribution in [2.24, 2.45) is 11.8 Å². The topological polar surface area (TPSA) is 18.5 Å². The highest BCUT2D eigenvalue weighted by Gasteiger charge is 2.59. The molecule has 1 aliphatic rings. The molecule has 0 heterocycles. The summed E-state index contributed by atoms with van der Waals surface area (Å²) in [4.78, 5) is 0. The summed E-state index contributed by atoms with van der Waals surface area (Å²) in [5.74, 6) is 1.06. The van der Waals surface area contributed by atoms with Crippen molar-refractivity contribution in [3.05, 3.63) is 0 Å². The second-order valence-electron chi connectivity index (χ2n) is 5.51. The van der Waals surface area contributed by atoms with Gasteiger partial charge in [0.1, 0.15) is 0 Å². The van der Waals surface area contributed by atoms with Crippen molar-refractivity contribution in [3.8, 4) is 0 Å². The minimum Gasteiger partial charge on any atom is -0.391 e. The van der Waals surface area contributed by atoms with Gasteiger partial charge in [0.2, 0.25) is 0 Å². The molecule has 14 heavy (non-hydrogen) atoms. The molecular weight excluding hydrogens is 192 g/mol. The van der Waals surface area contributed by atoms with Crippen molar-refractivity contribution in [3.63, 3.8) is 0 Å². The van der Waals surface area contributed by atoms with Gasteiger partial charge in [-0.25, -0.2) is 0 Å². The molecule has 2 nitrogen and oxygen atoms in total. The van der Waals surface area contributed by atoms with E-state index in [1.165, 1.54) is 0 Å². The standard InChI is InChI=1S/C11H24O2Si/c1-7-12-11(13-14(4,5)6)8-10(11)9(2)3/h9-10H,7-8H2,1-6H3. The minimum atomic E-state index is -1.48. The molecule has 3 heteroatoms. The van der Waals surface area contributed by atoms with Gasteiger partial charge in [-0.05, 0) is 32.5 Å². The van der Waals surface area contributed by atoms with Crippen molar-refractivity contribution in [1.29, 1.82) is 0 Å². The molecule has 0 aliphatic heterocycles. The molecule has 0 aromatic heterocycles. The SMILES string of the molecule is CCOC1(O[Si](C)(C)C)CC1C(C)C.